The van der Waals surface area contributed by atoms with E-state index in [1.807, 2.05) is 39.0 Å². The minimum atomic E-state index is -0.785. The van der Waals surface area contributed by atoms with E-state index in [0.29, 0.717) is 41.9 Å². The maximum absolute atomic E-state index is 13.6. The summed E-state index contributed by atoms with van der Waals surface area (Å²) in [6.45, 7) is 12.0. The first kappa shape index (κ1) is 28.6. The van der Waals surface area contributed by atoms with Crippen molar-refractivity contribution >= 4 is 11.5 Å². The van der Waals surface area contributed by atoms with Crippen LogP contribution >= 0.6 is 0 Å². The molecule has 2 saturated heterocycles. The molecule has 6 heteroatoms. The first-order valence-corrected chi connectivity index (χ1v) is 14.1. The van der Waals surface area contributed by atoms with Crippen LogP contribution in [-0.2, 0) is 14.2 Å². The molecule has 1 aromatic rings. The zero-order chi connectivity index (χ0) is 27.6. The van der Waals surface area contributed by atoms with Crippen molar-refractivity contribution in [3.63, 3.8) is 0 Å². The third kappa shape index (κ3) is 6.24. The molecule has 0 unspecified atom stereocenters. The van der Waals surface area contributed by atoms with Crippen LogP contribution in [0.4, 0.5) is 0 Å². The van der Waals surface area contributed by atoms with Crippen molar-refractivity contribution in [1.82, 2.24) is 0 Å². The van der Waals surface area contributed by atoms with Gasteiger partial charge in [-0.05, 0) is 80.4 Å². The molecule has 0 aromatic heterocycles. The summed E-state index contributed by atoms with van der Waals surface area (Å²) in [7, 11) is 0. The minimum absolute atomic E-state index is 0.0982. The van der Waals surface area contributed by atoms with Crippen molar-refractivity contribution in [2.75, 3.05) is 0 Å². The summed E-state index contributed by atoms with van der Waals surface area (Å²) < 4.78 is 19.4. The van der Waals surface area contributed by atoms with Crippen molar-refractivity contribution in [3.8, 4) is 5.75 Å². The van der Waals surface area contributed by atoms with Crippen LogP contribution in [0.2, 0.25) is 0 Å². The summed E-state index contributed by atoms with van der Waals surface area (Å²) >= 11 is 0. The molecule has 6 nitrogen and oxygen atoms in total. The molecule has 2 N–H and O–H groups in total. The van der Waals surface area contributed by atoms with Crippen LogP contribution in [0.1, 0.15) is 94.6 Å². The molecule has 0 amide bonds. The molecular weight excluding hydrogens is 480 g/mol. The fourth-order valence-corrected chi connectivity index (χ4v) is 5.99. The van der Waals surface area contributed by atoms with Gasteiger partial charge < -0.3 is 24.4 Å². The Morgan fingerprint density at radius 3 is 2.58 bits per heavy atom. The summed E-state index contributed by atoms with van der Waals surface area (Å²) in [6.07, 6.45) is 11.0. The number of allylic oxidation sites excluding steroid dienone is 3. The molecule has 38 heavy (non-hydrogen) atoms. The molecule has 3 heterocycles. The predicted octanol–water partition coefficient (Wildman–Crippen LogP) is 6.63. The third-order valence-corrected chi connectivity index (χ3v) is 8.51. The Balaban J connectivity index is 1.74. The molecule has 3 aliphatic heterocycles. The van der Waals surface area contributed by atoms with Gasteiger partial charge in [0.25, 0.3) is 0 Å². The number of esters is 1. The maximum atomic E-state index is 13.6. The number of aryl methyl sites for hydroxylation is 1. The molecule has 0 aliphatic carbocycles. The van der Waals surface area contributed by atoms with E-state index in [1.165, 1.54) is 0 Å². The van der Waals surface area contributed by atoms with E-state index in [9.17, 15) is 15.0 Å². The van der Waals surface area contributed by atoms with Gasteiger partial charge in [0.15, 0.2) is 5.79 Å². The summed E-state index contributed by atoms with van der Waals surface area (Å²) in [6, 6.07) is 3.33. The van der Waals surface area contributed by atoms with Crippen LogP contribution in [0, 0.1) is 18.8 Å². The van der Waals surface area contributed by atoms with Gasteiger partial charge in [0.1, 0.15) is 11.9 Å². The molecule has 3 aliphatic rings. The quantitative estimate of drug-likeness (QED) is 0.317. The van der Waals surface area contributed by atoms with Gasteiger partial charge in [-0.15, -0.1) is 0 Å². The lowest BCUT2D eigenvalue weighted by Crippen LogP contribution is -2.54. The Morgan fingerprint density at radius 2 is 1.84 bits per heavy atom. The number of carbonyl (C=O) groups is 1. The number of phenolic OH excluding ortho intramolecular Hbond substituents is 1. The van der Waals surface area contributed by atoms with Gasteiger partial charge in [0.05, 0.1) is 23.9 Å². The Morgan fingerprint density at radius 1 is 1.08 bits per heavy atom. The molecule has 208 valence electrons. The molecular formula is C32H44O6. The number of phenols is 1. The number of carbonyl (C=O) groups excluding carboxylic acids is 1. The molecule has 1 aromatic carbocycles. The van der Waals surface area contributed by atoms with E-state index >= 15 is 0 Å². The average Bonchev–Trinajstić information content (AvgIpc) is 2.88. The van der Waals surface area contributed by atoms with Crippen LogP contribution in [0.25, 0.3) is 5.57 Å². The maximum Gasteiger partial charge on any atom is 0.339 e. The summed E-state index contributed by atoms with van der Waals surface area (Å²) in [5.41, 5.74) is 3.39. The van der Waals surface area contributed by atoms with Crippen LogP contribution in [0.15, 0.2) is 42.0 Å². The van der Waals surface area contributed by atoms with E-state index in [0.717, 1.165) is 30.4 Å². The van der Waals surface area contributed by atoms with Gasteiger partial charge in [-0.2, -0.15) is 0 Å². The van der Waals surface area contributed by atoms with Gasteiger partial charge in [-0.1, -0.05) is 45.1 Å². The van der Waals surface area contributed by atoms with Crippen molar-refractivity contribution in [2.24, 2.45) is 11.8 Å². The van der Waals surface area contributed by atoms with Crippen molar-refractivity contribution in [2.45, 2.75) is 110 Å². The van der Waals surface area contributed by atoms with Gasteiger partial charge in [-0.25, -0.2) is 4.79 Å². The Hall–Kier alpha value is -2.41. The highest BCUT2D eigenvalue weighted by atomic mass is 16.7. The van der Waals surface area contributed by atoms with Crippen molar-refractivity contribution < 1.29 is 29.2 Å². The lowest BCUT2D eigenvalue weighted by Gasteiger charge is -2.49. The van der Waals surface area contributed by atoms with E-state index in [2.05, 4.69) is 19.9 Å². The second kappa shape index (κ2) is 11.8. The lowest BCUT2D eigenvalue weighted by molar-refractivity contribution is -0.334. The fourth-order valence-electron chi connectivity index (χ4n) is 5.99. The lowest BCUT2D eigenvalue weighted by atomic mass is 9.85. The van der Waals surface area contributed by atoms with Gasteiger partial charge in [-0.3, -0.25) is 0 Å². The largest absolute Gasteiger partial charge is 0.508 e. The second-order valence-electron chi connectivity index (χ2n) is 11.6. The normalized spacial score (nSPS) is 38.3. The van der Waals surface area contributed by atoms with Crippen molar-refractivity contribution in [3.05, 3.63) is 58.7 Å². The van der Waals surface area contributed by atoms with Crippen molar-refractivity contribution in [1.29, 1.82) is 0 Å². The Bertz CT molecular complexity index is 1120. The number of fused-ring (bicyclic) bond motifs is 3. The van der Waals surface area contributed by atoms with Crippen LogP contribution in [-0.4, -0.2) is 46.4 Å². The smallest absolute Gasteiger partial charge is 0.339 e. The zero-order valence-electron chi connectivity index (χ0n) is 23.7. The number of benzene rings is 1. The van der Waals surface area contributed by atoms with Crippen LogP contribution < -0.4 is 0 Å². The molecule has 4 rings (SSSR count). The highest BCUT2D eigenvalue weighted by Gasteiger charge is 2.48. The minimum Gasteiger partial charge on any atom is -0.508 e. The highest BCUT2D eigenvalue weighted by molar-refractivity contribution is 5.96. The number of rotatable bonds is 1. The number of aliphatic hydroxyl groups excluding tert-OH is 1. The van der Waals surface area contributed by atoms with Gasteiger partial charge in [0.2, 0.25) is 0 Å². The number of ether oxygens (including phenoxy) is 3. The molecule has 0 radical (unpaired) electrons. The molecule has 1 spiro atoms. The SMILES string of the molecule is CC[C@H]1O[C@]2(CC[C@@H]1C)C[C@@H]1C[C@@H](C/C=C(\C)[C@H](O)[C@@H](C)/C=C/C=C(\C)c3cc(O)c(C)cc3C(=O)O1)O2. The number of aliphatic hydroxyl groups is 1. The van der Waals surface area contributed by atoms with Crippen LogP contribution in [0.3, 0.4) is 0 Å². The monoisotopic (exact) mass is 524 g/mol. The zero-order valence-corrected chi connectivity index (χ0v) is 23.7. The number of aromatic hydroxyl groups is 1. The van der Waals surface area contributed by atoms with Gasteiger partial charge >= 0.3 is 5.97 Å². The molecule has 2 bridgehead atoms. The molecule has 2 fully saturated rings. The van der Waals surface area contributed by atoms with E-state index in [1.54, 1.807) is 19.1 Å². The first-order valence-electron chi connectivity index (χ1n) is 14.1. The van der Waals surface area contributed by atoms with Crippen LogP contribution in [0.5, 0.6) is 5.75 Å². The summed E-state index contributed by atoms with van der Waals surface area (Å²) in [5.74, 6) is -0.705. The summed E-state index contributed by atoms with van der Waals surface area (Å²) in [5, 5.41) is 21.4. The number of hydrogen-bond donors (Lipinski definition) is 2. The first-order chi connectivity index (χ1) is 18.0. The third-order valence-electron chi connectivity index (χ3n) is 8.51. The van der Waals surface area contributed by atoms with E-state index < -0.39 is 17.9 Å². The highest BCUT2D eigenvalue weighted by Crippen LogP contribution is 2.43. The summed E-state index contributed by atoms with van der Waals surface area (Å²) in [4.78, 5) is 13.6. The second-order valence-corrected chi connectivity index (χ2v) is 11.6. The number of hydrogen-bond acceptors (Lipinski definition) is 6. The molecule has 0 saturated carbocycles. The average molecular weight is 525 g/mol. The van der Waals surface area contributed by atoms with E-state index in [-0.39, 0.29) is 30.0 Å². The topological polar surface area (TPSA) is 85.2 Å². The standard InChI is InChI=1S/C32H44O6/c1-7-29-20(3)13-14-32(38-29)18-25-16-24(37-32)12-11-22(5)30(34)21(4)10-8-9-19(2)26-17-28(33)23(6)15-27(26)31(35)36-25/h8-11,15,17,20-21,24-25,29-30,33-34H,7,12-14,16,18H2,1-6H3/b10-8+,19-9+,22-11+/t20-,21-,24+,25-,29+,30+,32+/m0/s1. The Labute approximate surface area is 227 Å². The van der Waals surface area contributed by atoms with E-state index in [4.69, 9.17) is 14.2 Å². The fraction of sp³-hybridized carbons (Fsp3) is 0.594. The molecule has 7 atom stereocenters. The Kier molecular flexibility index (Phi) is 8.85. The predicted molar refractivity (Wildman–Crippen MR) is 149 cm³/mol. The van der Waals surface area contributed by atoms with Gasteiger partial charge in [0, 0.05) is 25.2 Å².